The minimum atomic E-state index is 0.927. The van der Waals surface area contributed by atoms with Crippen LogP contribution in [0.3, 0.4) is 0 Å². The maximum atomic E-state index is 5.54. The zero-order chi connectivity index (χ0) is 12.1. The van der Waals surface area contributed by atoms with Crippen LogP contribution in [-0.2, 0) is 12.8 Å². The average molecular weight is 230 g/mol. The molecule has 0 aliphatic heterocycles. The molecule has 0 bridgehead atoms. The van der Waals surface area contributed by atoms with Crippen LogP contribution in [0, 0.1) is 6.92 Å². The van der Waals surface area contributed by atoms with Crippen molar-refractivity contribution in [3.05, 3.63) is 53.5 Å². The van der Waals surface area contributed by atoms with Gasteiger partial charge in [0.15, 0.2) is 0 Å². The highest BCUT2D eigenvalue weighted by Crippen LogP contribution is 2.15. The third-order valence-electron chi connectivity index (χ3n) is 2.82. The van der Waals surface area contributed by atoms with Gasteiger partial charge in [0, 0.05) is 6.42 Å². The Morgan fingerprint density at radius 3 is 2.71 bits per heavy atom. The van der Waals surface area contributed by atoms with E-state index in [1.54, 1.807) is 7.11 Å². The summed E-state index contributed by atoms with van der Waals surface area (Å²) in [6, 6.07) is 12.3. The van der Waals surface area contributed by atoms with E-state index in [0.29, 0.717) is 0 Å². The van der Waals surface area contributed by atoms with Gasteiger partial charge in [-0.3, -0.25) is 0 Å². The first-order chi connectivity index (χ1) is 8.28. The summed E-state index contributed by atoms with van der Waals surface area (Å²) >= 11 is 0. The Morgan fingerprint density at radius 2 is 2.00 bits per heavy atom. The molecule has 0 fully saturated rings. The van der Waals surface area contributed by atoms with E-state index in [4.69, 9.17) is 9.15 Å². The molecule has 1 aromatic heterocycles. The molecule has 1 heterocycles. The molecule has 0 spiro atoms. The van der Waals surface area contributed by atoms with Crippen molar-refractivity contribution in [3.63, 3.8) is 0 Å². The number of rotatable bonds is 5. The molecule has 0 radical (unpaired) electrons. The topological polar surface area (TPSA) is 22.4 Å². The van der Waals surface area contributed by atoms with Crippen LogP contribution >= 0.6 is 0 Å². The summed E-state index contributed by atoms with van der Waals surface area (Å²) < 4.78 is 10.7. The number of hydrogen-bond donors (Lipinski definition) is 0. The summed E-state index contributed by atoms with van der Waals surface area (Å²) in [6.45, 7) is 1.98. The lowest BCUT2D eigenvalue weighted by Crippen LogP contribution is -1.90. The third-order valence-corrected chi connectivity index (χ3v) is 2.82. The summed E-state index contributed by atoms with van der Waals surface area (Å²) in [4.78, 5) is 0. The van der Waals surface area contributed by atoms with Gasteiger partial charge in [-0.25, -0.2) is 0 Å². The Kier molecular flexibility index (Phi) is 3.86. The van der Waals surface area contributed by atoms with Gasteiger partial charge in [-0.1, -0.05) is 12.1 Å². The molecular weight excluding hydrogens is 212 g/mol. The molecule has 2 rings (SSSR count). The number of furan rings is 1. The Labute approximate surface area is 102 Å². The van der Waals surface area contributed by atoms with Crippen molar-refractivity contribution in [3.8, 4) is 5.75 Å². The van der Waals surface area contributed by atoms with Gasteiger partial charge in [-0.05, 0) is 49.6 Å². The molecule has 0 unspecified atom stereocenters. The lowest BCUT2D eigenvalue weighted by Gasteiger charge is -2.03. The van der Waals surface area contributed by atoms with E-state index in [9.17, 15) is 0 Å². The fourth-order valence-electron chi connectivity index (χ4n) is 1.91. The van der Waals surface area contributed by atoms with Crippen molar-refractivity contribution in [2.24, 2.45) is 0 Å². The standard InChI is InChI=1S/C15H18O2/c1-12-9-10-14(17-12)7-3-5-13-6-4-8-15(11-13)16-2/h4,6,8-11H,3,5,7H2,1-2H3. The SMILES string of the molecule is COc1cccc(CCCc2ccc(C)o2)c1. The van der Waals surface area contributed by atoms with Crippen LogP contribution in [-0.4, -0.2) is 7.11 Å². The van der Waals surface area contributed by atoms with E-state index in [2.05, 4.69) is 18.2 Å². The molecule has 1 aromatic carbocycles. The van der Waals surface area contributed by atoms with Gasteiger partial charge in [0.1, 0.15) is 17.3 Å². The lowest BCUT2D eigenvalue weighted by atomic mass is 10.1. The minimum Gasteiger partial charge on any atom is -0.497 e. The first kappa shape index (κ1) is 11.8. The average Bonchev–Trinajstić information content (AvgIpc) is 2.75. The van der Waals surface area contributed by atoms with Crippen LogP contribution in [0.4, 0.5) is 0 Å². The highest BCUT2D eigenvalue weighted by Gasteiger charge is 2.00. The molecule has 0 aliphatic carbocycles. The molecule has 2 heteroatoms. The second-order valence-corrected chi connectivity index (χ2v) is 4.22. The lowest BCUT2D eigenvalue weighted by molar-refractivity contribution is 0.414. The van der Waals surface area contributed by atoms with Crippen LogP contribution in [0.2, 0.25) is 0 Å². The maximum absolute atomic E-state index is 5.54. The molecule has 17 heavy (non-hydrogen) atoms. The molecule has 0 aliphatic rings. The monoisotopic (exact) mass is 230 g/mol. The van der Waals surface area contributed by atoms with Gasteiger partial charge in [0.05, 0.1) is 7.11 Å². The molecule has 0 N–H and O–H groups in total. The van der Waals surface area contributed by atoms with E-state index in [1.165, 1.54) is 5.56 Å². The Bertz CT molecular complexity index is 471. The normalized spacial score (nSPS) is 10.5. The third kappa shape index (κ3) is 3.38. The van der Waals surface area contributed by atoms with Gasteiger partial charge < -0.3 is 9.15 Å². The van der Waals surface area contributed by atoms with Crippen LogP contribution < -0.4 is 4.74 Å². The van der Waals surface area contributed by atoms with Gasteiger partial charge in [0.2, 0.25) is 0 Å². The second-order valence-electron chi connectivity index (χ2n) is 4.22. The van der Waals surface area contributed by atoms with Crippen molar-refractivity contribution >= 4 is 0 Å². The second kappa shape index (κ2) is 5.58. The molecule has 0 atom stereocenters. The smallest absolute Gasteiger partial charge is 0.119 e. The first-order valence-corrected chi connectivity index (χ1v) is 5.96. The zero-order valence-corrected chi connectivity index (χ0v) is 10.4. The number of ether oxygens (including phenoxy) is 1. The van der Waals surface area contributed by atoms with E-state index >= 15 is 0 Å². The summed E-state index contributed by atoms with van der Waals surface area (Å²) in [7, 11) is 1.70. The summed E-state index contributed by atoms with van der Waals surface area (Å²) in [5, 5.41) is 0. The fraction of sp³-hybridized carbons (Fsp3) is 0.333. The Hall–Kier alpha value is -1.70. The quantitative estimate of drug-likeness (QED) is 0.780. The molecule has 0 saturated heterocycles. The van der Waals surface area contributed by atoms with E-state index in [1.807, 2.05) is 25.1 Å². The van der Waals surface area contributed by atoms with Gasteiger partial charge in [-0.2, -0.15) is 0 Å². The Balaban J connectivity index is 1.85. The predicted octanol–water partition coefficient (Wildman–Crippen LogP) is 3.77. The van der Waals surface area contributed by atoms with Gasteiger partial charge in [0.25, 0.3) is 0 Å². The van der Waals surface area contributed by atoms with Crippen molar-refractivity contribution in [1.82, 2.24) is 0 Å². The summed E-state index contributed by atoms with van der Waals surface area (Å²) in [5.41, 5.74) is 1.31. The van der Waals surface area contributed by atoms with E-state index in [0.717, 1.165) is 36.5 Å². The molecule has 2 aromatic rings. The van der Waals surface area contributed by atoms with Crippen LogP contribution in [0.25, 0.3) is 0 Å². The minimum absolute atomic E-state index is 0.927. The highest BCUT2D eigenvalue weighted by molar-refractivity contribution is 5.28. The van der Waals surface area contributed by atoms with Crippen LogP contribution in [0.5, 0.6) is 5.75 Å². The van der Waals surface area contributed by atoms with Gasteiger partial charge >= 0.3 is 0 Å². The van der Waals surface area contributed by atoms with Crippen molar-refractivity contribution in [2.75, 3.05) is 7.11 Å². The highest BCUT2D eigenvalue weighted by atomic mass is 16.5. The summed E-state index contributed by atoms with van der Waals surface area (Å²) in [6.07, 6.45) is 3.14. The number of aryl methyl sites for hydroxylation is 3. The van der Waals surface area contributed by atoms with Crippen LogP contribution in [0.15, 0.2) is 40.8 Å². The molecule has 2 nitrogen and oxygen atoms in total. The van der Waals surface area contributed by atoms with Crippen LogP contribution in [0.1, 0.15) is 23.5 Å². The van der Waals surface area contributed by atoms with E-state index < -0.39 is 0 Å². The molecule has 0 saturated carbocycles. The maximum Gasteiger partial charge on any atom is 0.119 e. The predicted molar refractivity (Wildman–Crippen MR) is 68.5 cm³/mol. The molecule has 90 valence electrons. The van der Waals surface area contributed by atoms with Crippen molar-refractivity contribution in [2.45, 2.75) is 26.2 Å². The van der Waals surface area contributed by atoms with Gasteiger partial charge in [-0.15, -0.1) is 0 Å². The summed E-state index contributed by atoms with van der Waals surface area (Å²) in [5.74, 6) is 2.99. The molecule has 0 amide bonds. The Morgan fingerprint density at radius 1 is 1.12 bits per heavy atom. The number of methoxy groups -OCH3 is 1. The van der Waals surface area contributed by atoms with Crippen molar-refractivity contribution in [1.29, 1.82) is 0 Å². The molecular formula is C15H18O2. The fourth-order valence-corrected chi connectivity index (χ4v) is 1.91. The number of hydrogen-bond acceptors (Lipinski definition) is 2. The van der Waals surface area contributed by atoms with E-state index in [-0.39, 0.29) is 0 Å². The first-order valence-electron chi connectivity index (χ1n) is 5.96. The largest absolute Gasteiger partial charge is 0.497 e. The van der Waals surface area contributed by atoms with Crippen molar-refractivity contribution < 1.29 is 9.15 Å². The zero-order valence-electron chi connectivity index (χ0n) is 10.4. The number of benzene rings is 1.